The van der Waals surface area contributed by atoms with Crippen molar-refractivity contribution < 1.29 is 19.1 Å². The number of carbonyl (C=O) groups excluding carboxylic acids is 2. The third-order valence-corrected chi connectivity index (χ3v) is 2.38. The second-order valence-corrected chi connectivity index (χ2v) is 3.65. The molecule has 0 aliphatic heterocycles. The molecule has 0 unspecified atom stereocenters. The zero-order chi connectivity index (χ0) is 13.5. The van der Waals surface area contributed by atoms with Gasteiger partial charge in [0.05, 0.1) is 19.3 Å². The van der Waals surface area contributed by atoms with E-state index < -0.39 is 0 Å². The van der Waals surface area contributed by atoms with Crippen molar-refractivity contribution >= 4 is 18.0 Å². The first-order chi connectivity index (χ1) is 8.58. The summed E-state index contributed by atoms with van der Waals surface area (Å²) >= 11 is 0. The lowest BCUT2D eigenvalue weighted by molar-refractivity contribution is -0.137. The number of aryl methyl sites for hydroxylation is 1. The third-order valence-electron chi connectivity index (χ3n) is 2.38. The van der Waals surface area contributed by atoms with Crippen LogP contribution in [0.25, 0.3) is 6.08 Å². The van der Waals surface area contributed by atoms with Crippen molar-refractivity contribution in [1.82, 2.24) is 0 Å². The lowest BCUT2D eigenvalue weighted by atomic mass is 10.0. The average molecular weight is 248 g/mol. The predicted octanol–water partition coefficient (Wildman–Crippen LogP) is 2.36. The van der Waals surface area contributed by atoms with Crippen molar-refractivity contribution in [2.45, 2.75) is 13.8 Å². The highest BCUT2D eigenvalue weighted by atomic mass is 16.5. The zero-order valence-electron chi connectivity index (χ0n) is 10.7. The molecule has 4 heteroatoms. The van der Waals surface area contributed by atoms with Gasteiger partial charge >= 0.3 is 11.9 Å². The second-order valence-electron chi connectivity index (χ2n) is 3.65. The number of benzene rings is 1. The van der Waals surface area contributed by atoms with Gasteiger partial charge in [-0.25, -0.2) is 9.59 Å². The maximum Gasteiger partial charge on any atom is 0.337 e. The number of carbonyl (C=O) groups is 2. The molecule has 0 fully saturated rings. The summed E-state index contributed by atoms with van der Waals surface area (Å²) in [5, 5.41) is 0. The SMILES string of the molecule is CCOC(=O)C=Cc1ccc(C(=O)OC)cc1C. The number of rotatable bonds is 4. The van der Waals surface area contributed by atoms with Crippen LogP contribution in [-0.4, -0.2) is 25.7 Å². The lowest BCUT2D eigenvalue weighted by Gasteiger charge is -2.04. The minimum Gasteiger partial charge on any atom is -0.465 e. The van der Waals surface area contributed by atoms with Crippen LogP contribution < -0.4 is 0 Å². The third kappa shape index (κ3) is 3.73. The second kappa shape index (κ2) is 6.59. The monoisotopic (exact) mass is 248 g/mol. The Morgan fingerprint density at radius 3 is 2.61 bits per heavy atom. The molecule has 0 spiro atoms. The lowest BCUT2D eigenvalue weighted by Crippen LogP contribution is -2.02. The predicted molar refractivity (Wildman–Crippen MR) is 68.2 cm³/mol. The number of hydrogen-bond acceptors (Lipinski definition) is 4. The fraction of sp³-hybridized carbons (Fsp3) is 0.286. The van der Waals surface area contributed by atoms with Crippen LogP contribution in [0.1, 0.15) is 28.4 Å². The summed E-state index contributed by atoms with van der Waals surface area (Å²) in [4.78, 5) is 22.5. The van der Waals surface area contributed by atoms with Crippen LogP contribution in [0.2, 0.25) is 0 Å². The first-order valence-electron chi connectivity index (χ1n) is 5.62. The molecule has 0 aliphatic carbocycles. The molecule has 0 radical (unpaired) electrons. The maximum absolute atomic E-state index is 11.3. The Balaban J connectivity index is 2.86. The molecule has 0 heterocycles. The van der Waals surface area contributed by atoms with Gasteiger partial charge in [0.2, 0.25) is 0 Å². The van der Waals surface area contributed by atoms with Crippen LogP contribution in [-0.2, 0) is 14.3 Å². The molecule has 0 aromatic heterocycles. The van der Waals surface area contributed by atoms with Crippen LogP contribution in [0, 0.1) is 6.92 Å². The van der Waals surface area contributed by atoms with Gasteiger partial charge in [0.1, 0.15) is 0 Å². The molecule has 0 saturated heterocycles. The average Bonchev–Trinajstić information content (AvgIpc) is 2.36. The van der Waals surface area contributed by atoms with E-state index in [2.05, 4.69) is 4.74 Å². The van der Waals surface area contributed by atoms with Gasteiger partial charge in [-0.05, 0) is 43.2 Å². The van der Waals surface area contributed by atoms with E-state index in [0.29, 0.717) is 12.2 Å². The molecule has 96 valence electrons. The Labute approximate surface area is 106 Å². The molecule has 1 aromatic carbocycles. The number of esters is 2. The molecular formula is C14H16O4. The summed E-state index contributed by atoms with van der Waals surface area (Å²) in [5.74, 6) is -0.757. The van der Waals surface area contributed by atoms with Gasteiger partial charge in [-0.2, -0.15) is 0 Å². The molecule has 0 N–H and O–H groups in total. The van der Waals surface area contributed by atoms with E-state index in [4.69, 9.17) is 4.74 Å². The van der Waals surface area contributed by atoms with E-state index >= 15 is 0 Å². The van der Waals surface area contributed by atoms with Crippen molar-refractivity contribution in [3.63, 3.8) is 0 Å². The standard InChI is InChI=1S/C14H16O4/c1-4-18-13(15)8-7-11-5-6-12(9-10(11)2)14(16)17-3/h5-9H,4H2,1-3H3. The van der Waals surface area contributed by atoms with Crippen molar-refractivity contribution in [1.29, 1.82) is 0 Å². The van der Waals surface area contributed by atoms with Gasteiger partial charge < -0.3 is 9.47 Å². The minimum absolute atomic E-state index is 0.351. The molecule has 0 amide bonds. The highest BCUT2D eigenvalue weighted by molar-refractivity contribution is 5.91. The topological polar surface area (TPSA) is 52.6 Å². The van der Waals surface area contributed by atoms with Gasteiger partial charge in [0.15, 0.2) is 0 Å². The summed E-state index contributed by atoms with van der Waals surface area (Å²) < 4.78 is 9.41. The Bertz CT molecular complexity index is 475. The van der Waals surface area contributed by atoms with E-state index in [1.807, 2.05) is 6.92 Å². The Morgan fingerprint density at radius 1 is 1.33 bits per heavy atom. The molecule has 1 aromatic rings. The number of hydrogen-bond donors (Lipinski definition) is 0. The van der Waals surface area contributed by atoms with Gasteiger partial charge in [-0.1, -0.05) is 6.07 Å². The first kappa shape index (κ1) is 14.0. The van der Waals surface area contributed by atoms with Gasteiger partial charge in [-0.15, -0.1) is 0 Å². The molecule has 1 rings (SSSR count). The first-order valence-corrected chi connectivity index (χ1v) is 5.62. The van der Waals surface area contributed by atoms with Crippen molar-refractivity contribution in [2.24, 2.45) is 0 Å². The van der Waals surface area contributed by atoms with Crippen LogP contribution >= 0.6 is 0 Å². The maximum atomic E-state index is 11.3. The van der Waals surface area contributed by atoms with Crippen LogP contribution in [0.4, 0.5) is 0 Å². The number of methoxy groups -OCH3 is 1. The van der Waals surface area contributed by atoms with E-state index in [1.54, 1.807) is 31.2 Å². The smallest absolute Gasteiger partial charge is 0.337 e. The largest absolute Gasteiger partial charge is 0.465 e. The van der Waals surface area contributed by atoms with E-state index in [1.165, 1.54) is 13.2 Å². The zero-order valence-corrected chi connectivity index (χ0v) is 10.7. The van der Waals surface area contributed by atoms with Crippen LogP contribution in [0.15, 0.2) is 24.3 Å². The summed E-state index contributed by atoms with van der Waals surface area (Å²) in [6.45, 7) is 3.96. The quantitative estimate of drug-likeness (QED) is 0.606. The number of ether oxygens (including phenoxy) is 2. The molecule has 4 nitrogen and oxygen atoms in total. The summed E-state index contributed by atoms with van der Waals surface area (Å²) in [6.07, 6.45) is 3.03. The van der Waals surface area contributed by atoms with Gasteiger partial charge in [-0.3, -0.25) is 0 Å². The summed E-state index contributed by atoms with van der Waals surface area (Å²) in [7, 11) is 1.34. The van der Waals surface area contributed by atoms with Crippen molar-refractivity contribution in [3.8, 4) is 0 Å². The van der Waals surface area contributed by atoms with E-state index in [9.17, 15) is 9.59 Å². The minimum atomic E-state index is -0.381. The molecule has 0 saturated carbocycles. The van der Waals surface area contributed by atoms with Crippen LogP contribution in [0.5, 0.6) is 0 Å². The molecular weight excluding hydrogens is 232 g/mol. The fourth-order valence-electron chi connectivity index (χ4n) is 1.46. The molecule has 0 bridgehead atoms. The van der Waals surface area contributed by atoms with E-state index in [0.717, 1.165) is 11.1 Å². The highest BCUT2D eigenvalue weighted by Gasteiger charge is 2.06. The molecule has 0 aliphatic rings. The van der Waals surface area contributed by atoms with Gasteiger partial charge in [0, 0.05) is 6.08 Å². The van der Waals surface area contributed by atoms with Crippen LogP contribution in [0.3, 0.4) is 0 Å². The molecule has 0 atom stereocenters. The van der Waals surface area contributed by atoms with Gasteiger partial charge in [0.25, 0.3) is 0 Å². The van der Waals surface area contributed by atoms with Crippen molar-refractivity contribution in [3.05, 3.63) is 41.0 Å². The Hall–Kier alpha value is -2.10. The normalized spacial score (nSPS) is 10.4. The fourth-order valence-corrected chi connectivity index (χ4v) is 1.46. The summed E-state index contributed by atoms with van der Waals surface area (Å²) in [5.41, 5.74) is 2.23. The summed E-state index contributed by atoms with van der Waals surface area (Å²) in [6, 6.07) is 5.14. The highest BCUT2D eigenvalue weighted by Crippen LogP contribution is 2.13. The van der Waals surface area contributed by atoms with Crippen molar-refractivity contribution in [2.75, 3.05) is 13.7 Å². The Morgan fingerprint density at radius 2 is 2.06 bits per heavy atom. The Kier molecular flexibility index (Phi) is 5.11. The molecule has 18 heavy (non-hydrogen) atoms. The van der Waals surface area contributed by atoms with E-state index in [-0.39, 0.29) is 11.9 Å².